The number of rotatable bonds is 2. The maximum absolute atomic E-state index is 13.4. The lowest BCUT2D eigenvalue weighted by molar-refractivity contribution is 0.598. The van der Waals surface area contributed by atoms with E-state index in [4.69, 9.17) is 28.5 Å². The molecule has 0 unspecified atom stereocenters. The van der Waals surface area contributed by atoms with Crippen LogP contribution in [0.4, 0.5) is 8.78 Å². The second kappa shape index (κ2) is 5.29. The first-order valence-electron chi connectivity index (χ1n) is 4.44. The van der Waals surface area contributed by atoms with E-state index in [1.165, 1.54) is 0 Å². The Morgan fingerprint density at radius 1 is 1.38 bits per heavy atom. The highest BCUT2D eigenvalue weighted by Crippen LogP contribution is 2.30. The van der Waals surface area contributed by atoms with Crippen molar-refractivity contribution in [2.24, 2.45) is 0 Å². The summed E-state index contributed by atoms with van der Waals surface area (Å²) in [6, 6.07) is 3.55. The van der Waals surface area contributed by atoms with Crippen LogP contribution in [-0.4, -0.2) is 0 Å². The molecule has 0 heterocycles. The first kappa shape index (κ1) is 13.0. The predicted octanol–water partition coefficient (Wildman–Crippen LogP) is 4.50. The summed E-state index contributed by atoms with van der Waals surface area (Å²) in [5, 5.41) is 8.33. The standard InChI is InChI=1S/C11H7Cl2F2N/c1-2-6(5-16)11(13)7-3-10(15)8(12)4-9(7)14/h3-4H,2H2,1H3/b11-6-. The van der Waals surface area contributed by atoms with Gasteiger partial charge in [0.15, 0.2) is 0 Å². The molecule has 0 atom stereocenters. The number of nitriles is 1. The van der Waals surface area contributed by atoms with Crippen molar-refractivity contribution in [3.8, 4) is 6.07 Å². The molecular weight excluding hydrogens is 255 g/mol. The van der Waals surface area contributed by atoms with Gasteiger partial charge in [-0.3, -0.25) is 0 Å². The van der Waals surface area contributed by atoms with E-state index in [0.29, 0.717) is 6.42 Å². The minimum atomic E-state index is -0.774. The third-order valence-corrected chi connectivity index (χ3v) is 2.72. The van der Waals surface area contributed by atoms with E-state index in [-0.39, 0.29) is 21.2 Å². The van der Waals surface area contributed by atoms with Crippen molar-refractivity contribution >= 4 is 28.2 Å². The quantitative estimate of drug-likeness (QED) is 0.568. The van der Waals surface area contributed by atoms with Crippen molar-refractivity contribution in [3.63, 3.8) is 0 Å². The average molecular weight is 262 g/mol. The van der Waals surface area contributed by atoms with Crippen LogP contribution in [0, 0.1) is 23.0 Å². The molecule has 0 fully saturated rings. The van der Waals surface area contributed by atoms with Gasteiger partial charge in [0.05, 0.1) is 16.1 Å². The Balaban J connectivity index is 3.41. The molecule has 0 saturated heterocycles. The van der Waals surface area contributed by atoms with E-state index >= 15 is 0 Å². The third-order valence-electron chi connectivity index (χ3n) is 2.00. The van der Waals surface area contributed by atoms with Crippen LogP contribution < -0.4 is 0 Å². The summed E-state index contributed by atoms with van der Waals surface area (Å²) in [7, 11) is 0. The molecule has 84 valence electrons. The predicted molar refractivity (Wildman–Crippen MR) is 60.0 cm³/mol. The van der Waals surface area contributed by atoms with Crippen LogP contribution in [0.25, 0.3) is 5.03 Å². The smallest absolute Gasteiger partial charge is 0.142 e. The van der Waals surface area contributed by atoms with E-state index in [2.05, 4.69) is 0 Å². The van der Waals surface area contributed by atoms with Crippen LogP contribution in [0.5, 0.6) is 0 Å². The van der Waals surface area contributed by atoms with Crippen LogP contribution in [0.15, 0.2) is 17.7 Å². The SMILES string of the molecule is CC/C(C#N)=C(/Cl)c1cc(F)c(Cl)cc1F. The number of hydrogen-bond donors (Lipinski definition) is 0. The summed E-state index contributed by atoms with van der Waals surface area (Å²) in [4.78, 5) is 0. The maximum Gasteiger partial charge on any atom is 0.142 e. The van der Waals surface area contributed by atoms with Gasteiger partial charge in [0.2, 0.25) is 0 Å². The molecule has 1 aromatic carbocycles. The fourth-order valence-corrected chi connectivity index (χ4v) is 1.61. The zero-order valence-electron chi connectivity index (χ0n) is 8.32. The topological polar surface area (TPSA) is 23.8 Å². The molecule has 1 aromatic rings. The summed E-state index contributed by atoms with van der Waals surface area (Å²) in [5.74, 6) is -1.53. The van der Waals surface area contributed by atoms with E-state index in [9.17, 15) is 8.78 Å². The van der Waals surface area contributed by atoms with E-state index in [1.807, 2.05) is 6.07 Å². The Kier molecular flexibility index (Phi) is 4.28. The minimum Gasteiger partial charge on any atom is -0.206 e. The molecule has 0 aliphatic heterocycles. The lowest BCUT2D eigenvalue weighted by Gasteiger charge is -2.05. The Bertz CT molecular complexity index is 489. The van der Waals surface area contributed by atoms with Gasteiger partial charge in [0, 0.05) is 11.1 Å². The summed E-state index contributed by atoms with van der Waals surface area (Å²) in [5.41, 5.74) is 0.0456. The normalized spacial score (nSPS) is 12.0. The zero-order valence-corrected chi connectivity index (χ0v) is 9.83. The second-order valence-electron chi connectivity index (χ2n) is 3.00. The monoisotopic (exact) mass is 261 g/mol. The van der Waals surface area contributed by atoms with Crippen LogP contribution >= 0.6 is 23.2 Å². The summed E-state index contributed by atoms with van der Waals surface area (Å²) < 4.78 is 26.6. The van der Waals surface area contributed by atoms with Gasteiger partial charge in [0.1, 0.15) is 11.6 Å². The largest absolute Gasteiger partial charge is 0.206 e. The van der Waals surface area contributed by atoms with Crippen molar-refractivity contribution in [2.75, 3.05) is 0 Å². The Hall–Kier alpha value is -1.11. The molecule has 0 spiro atoms. The number of benzene rings is 1. The van der Waals surface area contributed by atoms with Gasteiger partial charge in [0.25, 0.3) is 0 Å². The van der Waals surface area contributed by atoms with Crippen molar-refractivity contribution in [1.29, 1.82) is 5.26 Å². The molecule has 1 rings (SSSR count). The van der Waals surface area contributed by atoms with Crippen LogP contribution in [0.3, 0.4) is 0 Å². The zero-order chi connectivity index (χ0) is 12.3. The molecule has 1 nitrogen and oxygen atoms in total. The van der Waals surface area contributed by atoms with Gasteiger partial charge in [-0.15, -0.1) is 0 Å². The van der Waals surface area contributed by atoms with E-state index < -0.39 is 11.6 Å². The van der Waals surface area contributed by atoms with E-state index in [1.54, 1.807) is 6.92 Å². The molecule has 16 heavy (non-hydrogen) atoms. The molecule has 0 amide bonds. The Morgan fingerprint density at radius 2 is 2.00 bits per heavy atom. The van der Waals surface area contributed by atoms with Gasteiger partial charge < -0.3 is 0 Å². The lowest BCUT2D eigenvalue weighted by Crippen LogP contribution is -1.92. The molecular formula is C11H7Cl2F2N. The third kappa shape index (κ3) is 2.52. The maximum atomic E-state index is 13.4. The second-order valence-corrected chi connectivity index (χ2v) is 3.79. The lowest BCUT2D eigenvalue weighted by atomic mass is 10.1. The Labute approximate surface area is 102 Å². The number of halogens is 4. The van der Waals surface area contributed by atoms with Gasteiger partial charge in [-0.25, -0.2) is 8.78 Å². The van der Waals surface area contributed by atoms with Gasteiger partial charge in [-0.1, -0.05) is 30.1 Å². The molecule has 5 heteroatoms. The van der Waals surface area contributed by atoms with Crippen molar-refractivity contribution < 1.29 is 8.78 Å². The summed E-state index contributed by atoms with van der Waals surface area (Å²) >= 11 is 11.2. The average Bonchev–Trinajstić information content (AvgIpc) is 2.25. The van der Waals surface area contributed by atoms with Gasteiger partial charge in [-0.05, 0) is 18.6 Å². The summed E-state index contributed by atoms with van der Waals surface area (Å²) in [6.45, 7) is 1.70. The Morgan fingerprint density at radius 3 is 2.50 bits per heavy atom. The van der Waals surface area contributed by atoms with Crippen molar-refractivity contribution in [2.45, 2.75) is 13.3 Å². The fraction of sp³-hybridized carbons (Fsp3) is 0.182. The van der Waals surface area contributed by atoms with E-state index in [0.717, 1.165) is 12.1 Å². The van der Waals surface area contributed by atoms with Crippen LogP contribution in [0.2, 0.25) is 5.02 Å². The molecule has 0 saturated carbocycles. The molecule has 0 aromatic heterocycles. The number of hydrogen-bond acceptors (Lipinski definition) is 1. The van der Waals surface area contributed by atoms with Crippen molar-refractivity contribution in [3.05, 3.63) is 39.9 Å². The number of nitrogens with zero attached hydrogens (tertiary/aromatic N) is 1. The highest BCUT2D eigenvalue weighted by Gasteiger charge is 2.14. The highest BCUT2D eigenvalue weighted by atomic mass is 35.5. The first-order valence-corrected chi connectivity index (χ1v) is 5.20. The van der Waals surface area contributed by atoms with Crippen molar-refractivity contribution in [1.82, 2.24) is 0 Å². The minimum absolute atomic E-state index is 0.0851. The molecule has 0 aliphatic rings. The number of allylic oxidation sites excluding steroid dienone is 1. The van der Waals surface area contributed by atoms with Crippen LogP contribution in [0.1, 0.15) is 18.9 Å². The van der Waals surface area contributed by atoms with Gasteiger partial charge in [-0.2, -0.15) is 5.26 Å². The van der Waals surface area contributed by atoms with Gasteiger partial charge >= 0.3 is 0 Å². The summed E-state index contributed by atoms with van der Waals surface area (Å²) in [6.07, 6.45) is 0.346. The first-order chi connectivity index (χ1) is 7.51. The molecule has 0 bridgehead atoms. The van der Waals surface area contributed by atoms with Crippen LogP contribution in [-0.2, 0) is 0 Å². The highest BCUT2D eigenvalue weighted by molar-refractivity contribution is 6.49. The fourth-order valence-electron chi connectivity index (χ4n) is 1.14. The molecule has 0 aliphatic carbocycles. The molecule has 0 radical (unpaired) electrons. The molecule has 0 N–H and O–H groups in total.